The molecular weight excluding hydrogens is 270 g/mol. The summed E-state index contributed by atoms with van der Waals surface area (Å²) in [5.41, 5.74) is 8.90. The number of benzene rings is 1. The minimum atomic E-state index is 0.0222. The van der Waals surface area contributed by atoms with Crippen LogP contribution in [0.4, 0.5) is 5.13 Å². The van der Waals surface area contributed by atoms with Crippen molar-refractivity contribution in [3.63, 3.8) is 0 Å². The van der Waals surface area contributed by atoms with Crippen molar-refractivity contribution < 1.29 is 4.79 Å². The zero-order valence-electron chi connectivity index (χ0n) is 11.7. The minimum Gasteiger partial charge on any atom is -0.375 e. The highest BCUT2D eigenvalue weighted by molar-refractivity contribution is 7.13. The van der Waals surface area contributed by atoms with Gasteiger partial charge in [-0.25, -0.2) is 4.98 Å². The quantitative estimate of drug-likeness (QED) is 0.889. The first-order chi connectivity index (χ1) is 9.54. The zero-order valence-corrected chi connectivity index (χ0v) is 12.5. The molecule has 106 valence electrons. The third-order valence-corrected chi connectivity index (χ3v) is 3.76. The average Bonchev–Trinajstić information content (AvgIpc) is 2.83. The predicted molar refractivity (Wildman–Crippen MR) is 83.6 cm³/mol. The molecule has 1 aromatic carbocycles. The number of nitrogens with one attached hydrogen (secondary N) is 1. The van der Waals surface area contributed by atoms with E-state index in [1.54, 1.807) is 6.92 Å². The number of carbonyl (C=O) groups is 1. The van der Waals surface area contributed by atoms with Gasteiger partial charge in [-0.05, 0) is 25.3 Å². The Morgan fingerprint density at radius 1 is 1.40 bits per heavy atom. The Morgan fingerprint density at radius 2 is 2.10 bits per heavy atom. The summed E-state index contributed by atoms with van der Waals surface area (Å²) in [5.74, 6) is 0.0222. The number of aromatic nitrogens is 1. The fraction of sp³-hybridized carbons (Fsp3) is 0.333. The summed E-state index contributed by atoms with van der Waals surface area (Å²) in [6.07, 6.45) is 1.88. The van der Waals surface area contributed by atoms with Gasteiger partial charge in [-0.2, -0.15) is 0 Å². The van der Waals surface area contributed by atoms with E-state index in [4.69, 9.17) is 5.73 Å². The van der Waals surface area contributed by atoms with E-state index in [1.807, 2.05) is 12.3 Å². The molecule has 1 aromatic heterocycles. The highest BCUT2D eigenvalue weighted by atomic mass is 32.1. The first-order valence-corrected chi connectivity index (χ1v) is 7.50. The molecule has 0 saturated carbocycles. The van der Waals surface area contributed by atoms with Crippen LogP contribution in [0.3, 0.4) is 0 Å². The van der Waals surface area contributed by atoms with E-state index in [9.17, 15) is 4.79 Å². The maximum absolute atomic E-state index is 10.9. The van der Waals surface area contributed by atoms with Crippen LogP contribution in [0.25, 0.3) is 11.3 Å². The summed E-state index contributed by atoms with van der Waals surface area (Å²) >= 11 is 1.45. The second-order valence-corrected chi connectivity index (χ2v) is 5.80. The van der Waals surface area contributed by atoms with Gasteiger partial charge in [-0.15, -0.1) is 11.3 Å². The second kappa shape index (κ2) is 6.52. The lowest BCUT2D eigenvalue weighted by molar-refractivity contribution is -0.119. The number of nitrogens with two attached hydrogens (primary N) is 1. The average molecular weight is 289 g/mol. The summed E-state index contributed by atoms with van der Waals surface area (Å²) in [6, 6.07) is 8.53. The van der Waals surface area contributed by atoms with Gasteiger partial charge in [0.15, 0.2) is 5.13 Å². The van der Waals surface area contributed by atoms with Gasteiger partial charge in [0.05, 0.1) is 5.69 Å². The number of hydrogen-bond donors (Lipinski definition) is 2. The third-order valence-electron chi connectivity index (χ3n) is 3.09. The molecule has 0 bridgehead atoms. The van der Waals surface area contributed by atoms with Crippen molar-refractivity contribution in [3.05, 3.63) is 35.2 Å². The molecule has 4 nitrogen and oxygen atoms in total. The Balaban J connectivity index is 1.93. The van der Waals surface area contributed by atoms with E-state index >= 15 is 0 Å². The monoisotopic (exact) mass is 289 g/mol. The van der Waals surface area contributed by atoms with Gasteiger partial charge >= 0.3 is 0 Å². The molecule has 5 heteroatoms. The zero-order chi connectivity index (χ0) is 14.5. The van der Waals surface area contributed by atoms with Crippen LogP contribution in [-0.2, 0) is 11.2 Å². The summed E-state index contributed by atoms with van der Waals surface area (Å²) < 4.78 is 0. The molecule has 20 heavy (non-hydrogen) atoms. The third kappa shape index (κ3) is 4.06. The Hall–Kier alpha value is -1.88. The van der Waals surface area contributed by atoms with Crippen molar-refractivity contribution >= 4 is 22.4 Å². The van der Waals surface area contributed by atoms with Crippen molar-refractivity contribution in [1.82, 2.24) is 10.3 Å². The van der Waals surface area contributed by atoms with Crippen molar-refractivity contribution in [1.29, 1.82) is 0 Å². The van der Waals surface area contributed by atoms with E-state index in [2.05, 4.69) is 34.6 Å². The van der Waals surface area contributed by atoms with Crippen LogP contribution in [0.1, 0.15) is 25.8 Å². The normalized spacial score (nSPS) is 12.1. The van der Waals surface area contributed by atoms with E-state index < -0.39 is 0 Å². The van der Waals surface area contributed by atoms with Crippen LogP contribution in [0, 0.1) is 0 Å². The lowest BCUT2D eigenvalue weighted by atomic mass is 10.0. The predicted octanol–water partition coefficient (Wildman–Crippen LogP) is 2.85. The number of anilines is 1. The first kappa shape index (κ1) is 14.5. The van der Waals surface area contributed by atoms with Gasteiger partial charge in [0.1, 0.15) is 0 Å². The Kier molecular flexibility index (Phi) is 4.74. The number of carbonyl (C=O) groups excluding carboxylic acids is 1. The Labute approximate surface area is 123 Å². The molecular formula is C15H19N3OS. The summed E-state index contributed by atoms with van der Waals surface area (Å²) in [5, 5.41) is 5.44. The summed E-state index contributed by atoms with van der Waals surface area (Å²) in [6.45, 7) is 3.57. The molecule has 0 aliphatic carbocycles. The smallest absolute Gasteiger partial charge is 0.217 e. The molecule has 0 radical (unpaired) electrons. The van der Waals surface area contributed by atoms with Gasteiger partial charge < -0.3 is 11.1 Å². The van der Waals surface area contributed by atoms with Crippen LogP contribution in [0.15, 0.2) is 29.6 Å². The summed E-state index contributed by atoms with van der Waals surface area (Å²) in [4.78, 5) is 15.2. The number of hydrogen-bond acceptors (Lipinski definition) is 4. The van der Waals surface area contributed by atoms with Gasteiger partial charge in [0.25, 0.3) is 0 Å². The van der Waals surface area contributed by atoms with Crippen molar-refractivity contribution in [3.8, 4) is 11.3 Å². The Bertz CT molecular complexity index is 577. The molecule has 1 atom stereocenters. The number of nitrogens with zero attached hydrogens (tertiary/aromatic N) is 1. The van der Waals surface area contributed by atoms with E-state index in [1.165, 1.54) is 16.9 Å². The summed E-state index contributed by atoms with van der Waals surface area (Å²) in [7, 11) is 0. The van der Waals surface area contributed by atoms with Crippen LogP contribution in [-0.4, -0.2) is 16.9 Å². The van der Waals surface area contributed by atoms with Gasteiger partial charge in [0.2, 0.25) is 5.91 Å². The largest absolute Gasteiger partial charge is 0.375 e. The van der Waals surface area contributed by atoms with Crippen molar-refractivity contribution in [2.75, 3.05) is 5.73 Å². The van der Waals surface area contributed by atoms with Gasteiger partial charge in [0, 0.05) is 23.9 Å². The van der Waals surface area contributed by atoms with Crippen molar-refractivity contribution in [2.45, 2.75) is 32.7 Å². The molecule has 1 amide bonds. The number of rotatable bonds is 5. The number of nitrogen functional groups attached to an aromatic ring is 1. The number of amides is 1. The van der Waals surface area contributed by atoms with Crippen LogP contribution < -0.4 is 11.1 Å². The molecule has 0 aliphatic heterocycles. The molecule has 0 unspecified atom stereocenters. The van der Waals surface area contributed by atoms with Crippen LogP contribution in [0.5, 0.6) is 0 Å². The molecule has 0 aliphatic rings. The molecule has 0 fully saturated rings. The molecule has 2 aromatic rings. The van der Waals surface area contributed by atoms with E-state index in [-0.39, 0.29) is 11.9 Å². The minimum absolute atomic E-state index is 0.0222. The fourth-order valence-corrected chi connectivity index (χ4v) is 2.64. The first-order valence-electron chi connectivity index (χ1n) is 6.62. The van der Waals surface area contributed by atoms with Crippen LogP contribution >= 0.6 is 11.3 Å². The highest BCUT2D eigenvalue weighted by Gasteiger charge is 2.05. The van der Waals surface area contributed by atoms with Crippen LogP contribution in [0.2, 0.25) is 0 Å². The van der Waals surface area contributed by atoms with Crippen molar-refractivity contribution in [2.24, 2.45) is 0 Å². The second-order valence-electron chi connectivity index (χ2n) is 4.91. The number of thiazole rings is 1. The number of aryl methyl sites for hydroxylation is 1. The molecule has 0 saturated heterocycles. The van der Waals surface area contributed by atoms with E-state index in [0.29, 0.717) is 5.13 Å². The van der Waals surface area contributed by atoms with Gasteiger partial charge in [-0.3, -0.25) is 4.79 Å². The lowest BCUT2D eigenvalue weighted by Crippen LogP contribution is -2.30. The maximum Gasteiger partial charge on any atom is 0.217 e. The molecule has 0 spiro atoms. The van der Waals surface area contributed by atoms with E-state index in [0.717, 1.165) is 24.1 Å². The molecule has 2 rings (SSSR count). The highest BCUT2D eigenvalue weighted by Crippen LogP contribution is 2.23. The Morgan fingerprint density at radius 3 is 2.65 bits per heavy atom. The standard InChI is InChI=1S/C15H19N3OS/c1-10(17-11(2)19)3-4-12-5-7-13(8-6-12)14-9-20-15(16)18-14/h5-10H,3-4H2,1-2H3,(H2,16,18)(H,17,19)/t10-/m1/s1. The molecule has 1 heterocycles. The SMILES string of the molecule is CC(=O)N[C@H](C)CCc1ccc(-c2csc(N)n2)cc1. The fourth-order valence-electron chi connectivity index (χ4n) is 2.06. The molecule has 3 N–H and O–H groups in total. The van der Waals surface area contributed by atoms with Gasteiger partial charge in [-0.1, -0.05) is 24.3 Å². The lowest BCUT2D eigenvalue weighted by Gasteiger charge is -2.12. The maximum atomic E-state index is 10.9. The topological polar surface area (TPSA) is 68.0 Å².